The van der Waals surface area contributed by atoms with E-state index in [1.54, 1.807) is 11.3 Å². The van der Waals surface area contributed by atoms with Crippen LogP contribution in [0.15, 0.2) is 41.1 Å². The van der Waals surface area contributed by atoms with Gasteiger partial charge < -0.3 is 15.0 Å². The Hall–Kier alpha value is -2.01. The van der Waals surface area contributed by atoms with Crippen molar-refractivity contribution in [1.29, 1.82) is 0 Å². The molecule has 1 aromatic heterocycles. The summed E-state index contributed by atoms with van der Waals surface area (Å²) < 4.78 is 5.56. The third-order valence-electron chi connectivity index (χ3n) is 4.23. The molecule has 0 unspecified atom stereocenters. The molecule has 2 aromatic rings. The van der Waals surface area contributed by atoms with Gasteiger partial charge in [-0.05, 0) is 60.2 Å². The molecular weight excluding hydrogens is 308 g/mol. The minimum atomic E-state index is -0.0408. The van der Waals surface area contributed by atoms with Crippen molar-refractivity contribution in [2.24, 2.45) is 0 Å². The zero-order chi connectivity index (χ0) is 16.1. The summed E-state index contributed by atoms with van der Waals surface area (Å²) in [6.45, 7) is 4.11. The van der Waals surface area contributed by atoms with Crippen molar-refractivity contribution >= 4 is 23.1 Å². The monoisotopic (exact) mass is 330 g/mol. The number of thiophene rings is 1. The van der Waals surface area contributed by atoms with E-state index in [0.717, 1.165) is 37.4 Å². The minimum absolute atomic E-state index is 0.0408. The number of piperidine rings is 1. The molecule has 2 heterocycles. The van der Waals surface area contributed by atoms with Crippen LogP contribution in [0.2, 0.25) is 0 Å². The zero-order valence-electron chi connectivity index (χ0n) is 13.3. The molecule has 1 fully saturated rings. The average molecular weight is 330 g/mol. The van der Waals surface area contributed by atoms with Gasteiger partial charge in [0.05, 0.1) is 12.3 Å². The molecule has 0 atom stereocenters. The highest BCUT2D eigenvalue weighted by atomic mass is 32.1. The van der Waals surface area contributed by atoms with Gasteiger partial charge in [-0.25, -0.2) is 4.79 Å². The summed E-state index contributed by atoms with van der Waals surface area (Å²) in [6, 6.07) is 9.72. The number of rotatable bonds is 4. The number of ether oxygens (including phenoxy) is 1. The molecule has 0 saturated carbocycles. The van der Waals surface area contributed by atoms with Crippen molar-refractivity contribution in [2.75, 3.05) is 25.0 Å². The highest BCUT2D eigenvalue weighted by Gasteiger charge is 2.24. The largest absolute Gasteiger partial charge is 0.492 e. The van der Waals surface area contributed by atoms with Crippen LogP contribution in [0.4, 0.5) is 10.5 Å². The molecule has 1 aromatic carbocycles. The normalized spacial score (nSPS) is 15.4. The molecule has 1 saturated heterocycles. The van der Waals surface area contributed by atoms with E-state index in [1.807, 2.05) is 36.1 Å². The van der Waals surface area contributed by atoms with E-state index in [0.29, 0.717) is 12.5 Å². The molecule has 1 N–H and O–H groups in total. The predicted octanol–water partition coefficient (Wildman–Crippen LogP) is 4.56. The molecule has 23 heavy (non-hydrogen) atoms. The number of carbonyl (C=O) groups is 1. The van der Waals surface area contributed by atoms with Gasteiger partial charge in [-0.15, -0.1) is 0 Å². The lowest BCUT2D eigenvalue weighted by molar-refractivity contribution is 0.194. The molecular formula is C18H22N2O2S. The van der Waals surface area contributed by atoms with Crippen LogP contribution in [-0.2, 0) is 0 Å². The number of nitrogens with one attached hydrogen (secondary N) is 1. The molecule has 1 aliphatic rings. The molecule has 4 nitrogen and oxygen atoms in total. The third kappa shape index (κ3) is 3.85. The Morgan fingerprint density at radius 2 is 2.09 bits per heavy atom. The van der Waals surface area contributed by atoms with Crippen molar-refractivity contribution in [3.05, 3.63) is 46.7 Å². The van der Waals surface area contributed by atoms with Gasteiger partial charge in [-0.3, -0.25) is 0 Å². The van der Waals surface area contributed by atoms with Gasteiger partial charge in [0.25, 0.3) is 0 Å². The van der Waals surface area contributed by atoms with Gasteiger partial charge in [0.2, 0.25) is 0 Å². The third-order valence-corrected chi connectivity index (χ3v) is 4.93. The Balaban J connectivity index is 1.58. The Morgan fingerprint density at radius 3 is 2.78 bits per heavy atom. The van der Waals surface area contributed by atoms with E-state index < -0.39 is 0 Å². The number of likely N-dealkylation sites (tertiary alicyclic amines) is 1. The molecule has 3 rings (SSSR count). The van der Waals surface area contributed by atoms with Crippen LogP contribution in [0.1, 0.15) is 31.2 Å². The maximum Gasteiger partial charge on any atom is 0.321 e. The Morgan fingerprint density at radius 1 is 1.30 bits per heavy atom. The van der Waals surface area contributed by atoms with E-state index in [-0.39, 0.29) is 6.03 Å². The second kappa shape index (κ2) is 7.51. The first kappa shape index (κ1) is 15.9. The van der Waals surface area contributed by atoms with Crippen LogP contribution in [0.5, 0.6) is 5.75 Å². The van der Waals surface area contributed by atoms with E-state index in [4.69, 9.17) is 4.74 Å². The van der Waals surface area contributed by atoms with Gasteiger partial charge in [-0.1, -0.05) is 12.1 Å². The molecule has 0 bridgehead atoms. The molecule has 5 heteroatoms. The van der Waals surface area contributed by atoms with Gasteiger partial charge in [0.1, 0.15) is 5.75 Å². The molecule has 2 amide bonds. The van der Waals surface area contributed by atoms with Crippen LogP contribution in [-0.4, -0.2) is 30.6 Å². The first-order chi connectivity index (χ1) is 11.3. The number of nitrogens with zero attached hydrogens (tertiary/aromatic N) is 1. The number of carbonyl (C=O) groups excluding carboxylic acids is 1. The van der Waals surface area contributed by atoms with Crippen molar-refractivity contribution < 1.29 is 9.53 Å². The maximum absolute atomic E-state index is 12.5. The number of amides is 2. The zero-order valence-corrected chi connectivity index (χ0v) is 14.1. The van der Waals surface area contributed by atoms with Gasteiger partial charge in [-0.2, -0.15) is 11.3 Å². The van der Waals surface area contributed by atoms with Crippen LogP contribution >= 0.6 is 11.3 Å². The summed E-state index contributed by atoms with van der Waals surface area (Å²) in [5.41, 5.74) is 2.15. The number of benzene rings is 1. The quantitative estimate of drug-likeness (QED) is 0.893. The van der Waals surface area contributed by atoms with Crippen LogP contribution < -0.4 is 10.1 Å². The fraction of sp³-hybridized carbons (Fsp3) is 0.389. The van der Waals surface area contributed by atoms with Crippen molar-refractivity contribution in [1.82, 2.24) is 4.90 Å². The SMILES string of the molecule is CCOc1ccccc1NC(=O)N1CCC(c2ccsc2)CC1. The number of para-hydroxylation sites is 2. The predicted molar refractivity (Wildman–Crippen MR) is 94.5 cm³/mol. The Bertz CT molecular complexity index is 634. The molecule has 0 spiro atoms. The molecule has 122 valence electrons. The summed E-state index contributed by atoms with van der Waals surface area (Å²) in [4.78, 5) is 14.4. The smallest absolute Gasteiger partial charge is 0.321 e. The van der Waals surface area contributed by atoms with Gasteiger partial charge in [0.15, 0.2) is 0 Å². The van der Waals surface area contributed by atoms with Crippen LogP contribution in [0.3, 0.4) is 0 Å². The van der Waals surface area contributed by atoms with Crippen molar-refractivity contribution in [3.63, 3.8) is 0 Å². The maximum atomic E-state index is 12.5. The van der Waals surface area contributed by atoms with E-state index in [9.17, 15) is 4.79 Å². The topological polar surface area (TPSA) is 41.6 Å². The molecule has 0 radical (unpaired) electrons. The Labute approximate surface area is 141 Å². The highest BCUT2D eigenvalue weighted by molar-refractivity contribution is 7.07. The number of urea groups is 1. The van der Waals surface area contributed by atoms with Crippen LogP contribution in [0, 0.1) is 0 Å². The fourth-order valence-electron chi connectivity index (χ4n) is 2.97. The van der Waals surface area contributed by atoms with E-state index in [1.165, 1.54) is 5.56 Å². The summed E-state index contributed by atoms with van der Waals surface area (Å²) in [7, 11) is 0. The van der Waals surface area contributed by atoms with Gasteiger partial charge in [0, 0.05) is 13.1 Å². The standard InChI is InChI=1S/C18H22N2O2S/c1-2-22-17-6-4-3-5-16(17)19-18(21)20-10-7-14(8-11-20)15-9-12-23-13-15/h3-6,9,12-14H,2,7-8,10-11H2,1H3,(H,19,21). The fourth-order valence-corrected chi connectivity index (χ4v) is 3.71. The molecule has 0 aliphatic carbocycles. The summed E-state index contributed by atoms with van der Waals surface area (Å²) in [5, 5.41) is 7.32. The lowest BCUT2D eigenvalue weighted by atomic mass is 9.91. The average Bonchev–Trinajstić information content (AvgIpc) is 3.11. The van der Waals surface area contributed by atoms with Gasteiger partial charge >= 0.3 is 6.03 Å². The minimum Gasteiger partial charge on any atom is -0.492 e. The lowest BCUT2D eigenvalue weighted by Gasteiger charge is -2.32. The second-order valence-electron chi connectivity index (χ2n) is 5.68. The second-order valence-corrected chi connectivity index (χ2v) is 6.46. The molecule has 1 aliphatic heterocycles. The highest BCUT2D eigenvalue weighted by Crippen LogP contribution is 2.30. The van der Waals surface area contributed by atoms with Crippen molar-refractivity contribution in [3.8, 4) is 5.75 Å². The Kier molecular flexibility index (Phi) is 5.18. The van der Waals surface area contributed by atoms with Crippen molar-refractivity contribution in [2.45, 2.75) is 25.7 Å². The lowest BCUT2D eigenvalue weighted by Crippen LogP contribution is -2.40. The van der Waals surface area contributed by atoms with E-state index in [2.05, 4.69) is 22.1 Å². The first-order valence-corrected chi connectivity index (χ1v) is 9.02. The number of hydrogen-bond acceptors (Lipinski definition) is 3. The van der Waals surface area contributed by atoms with E-state index >= 15 is 0 Å². The summed E-state index contributed by atoms with van der Waals surface area (Å²) in [6.07, 6.45) is 2.05. The summed E-state index contributed by atoms with van der Waals surface area (Å²) >= 11 is 1.74. The number of anilines is 1. The van der Waals surface area contributed by atoms with Crippen LogP contribution in [0.25, 0.3) is 0 Å². The first-order valence-electron chi connectivity index (χ1n) is 8.07. The number of hydrogen-bond donors (Lipinski definition) is 1. The summed E-state index contributed by atoms with van der Waals surface area (Å²) in [5.74, 6) is 1.30.